The molecule has 0 saturated carbocycles. The topological polar surface area (TPSA) is 29.9 Å². The number of ether oxygens (including phenoxy) is 1. The molecule has 0 fully saturated rings. The summed E-state index contributed by atoms with van der Waals surface area (Å²) in [5.74, 6) is 0.836. The van der Waals surface area contributed by atoms with Crippen molar-refractivity contribution < 1.29 is 4.74 Å². The Morgan fingerprint density at radius 3 is 2.89 bits per heavy atom. The third kappa shape index (κ3) is 2.48. The van der Waals surface area contributed by atoms with Gasteiger partial charge in [-0.05, 0) is 52.4 Å². The zero-order valence-electron chi connectivity index (χ0n) is 10.1. The Bertz CT molecular complexity index is 787. The number of methoxy groups -OCH3 is 1. The van der Waals surface area contributed by atoms with E-state index in [0.29, 0.717) is 0 Å². The van der Waals surface area contributed by atoms with Crippen LogP contribution in [0.1, 0.15) is 4.88 Å². The number of nitrogens with one attached hydrogen (secondary N) is 1. The van der Waals surface area contributed by atoms with E-state index < -0.39 is 0 Å². The van der Waals surface area contributed by atoms with Crippen molar-refractivity contribution in [3.63, 3.8) is 0 Å². The zero-order chi connectivity index (χ0) is 13.4. The molecule has 6 heteroatoms. The molecular formula is C13H11BrN2OS2. The van der Waals surface area contributed by atoms with Crippen LogP contribution in [0.3, 0.4) is 0 Å². The Labute approximate surface area is 128 Å². The number of hydrogen-bond acceptors (Lipinski definition) is 3. The van der Waals surface area contributed by atoms with Gasteiger partial charge >= 0.3 is 0 Å². The molecule has 1 aromatic carbocycles. The lowest BCUT2D eigenvalue weighted by molar-refractivity contribution is 0.415. The molecule has 0 unspecified atom stereocenters. The number of benzene rings is 1. The summed E-state index contributed by atoms with van der Waals surface area (Å²) in [5, 5.41) is 0. The highest BCUT2D eigenvalue weighted by molar-refractivity contribution is 9.11. The summed E-state index contributed by atoms with van der Waals surface area (Å²) in [5.41, 5.74) is 2.09. The van der Waals surface area contributed by atoms with E-state index in [9.17, 15) is 0 Å². The second-order valence-corrected chi connectivity index (χ2v) is 7.04. The van der Waals surface area contributed by atoms with Gasteiger partial charge in [-0.25, -0.2) is 0 Å². The summed E-state index contributed by atoms with van der Waals surface area (Å²) >= 11 is 10.6. The summed E-state index contributed by atoms with van der Waals surface area (Å²) in [6.07, 6.45) is 0. The first-order valence-electron chi connectivity index (χ1n) is 5.68. The minimum Gasteiger partial charge on any atom is -0.497 e. The van der Waals surface area contributed by atoms with Gasteiger partial charge in [0.25, 0.3) is 0 Å². The fourth-order valence-corrected chi connectivity index (χ4v) is 3.75. The number of halogens is 1. The summed E-state index contributed by atoms with van der Waals surface area (Å²) in [6.45, 7) is 0.766. The molecule has 0 radical (unpaired) electrons. The van der Waals surface area contributed by atoms with E-state index in [1.165, 1.54) is 4.88 Å². The van der Waals surface area contributed by atoms with Crippen molar-refractivity contribution in [1.82, 2.24) is 9.55 Å². The average Bonchev–Trinajstić information content (AvgIpc) is 2.94. The first kappa shape index (κ1) is 12.9. The second-order valence-electron chi connectivity index (χ2n) is 4.11. The highest BCUT2D eigenvalue weighted by Gasteiger charge is 2.07. The number of thiophene rings is 1. The fraction of sp³-hybridized carbons (Fsp3) is 0.154. The van der Waals surface area contributed by atoms with Gasteiger partial charge in [-0.2, -0.15) is 0 Å². The van der Waals surface area contributed by atoms with Crippen LogP contribution in [0, 0.1) is 4.77 Å². The highest BCUT2D eigenvalue weighted by Crippen LogP contribution is 2.26. The number of hydrogen-bond donors (Lipinski definition) is 1. The Hall–Kier alpha value is -1.11. The van der Waals surface area contributed by atoms with Crippen LogP contribution in [0.5, 0.6) is 5.75 Å². The van der Waals surface area contributed by atoms with Crippen molar-refractivity contribution in [2.45, 2.75) is 6.54 Å². The van der Waals surface area contributed by atoms with Gasteiger partial charge in [-0.3, -0.25) is 0 Å². The Kier molecular flexibility index (Phi) is 3.47. The molecule has 0 aliphatic carbocycles. The Balaban J connectivity index is 2.11. The fourth-order valence-electron chi connectivity index (χ4n) is 2.01. The zero-order valence-corrected chi connectivity index (χ0v) is 13.4. The Morgan fingerprint density at radius 2 is 2.21 bits per heavy atom. The third-order valence-electron chi connectivity index (χ3n) is 2.93. The highest BCUT2D eigenvalue weighted by atomic mass is 79.9. The van der Waals surface area contributed by atoms with E-state index in [1.54, 1.807) is 18.4 Å². The molecule has 0 saturated heterocycles. The van der Waals surface area contributed by atoms with Crippen LogP contribution in [0.2, 0.25) is 0 Å². The second kappa shape index (κ2) is 5.11. The summed E-state index contributed by atoms with van der Waals surface area (Å²) < 4.78 is 9.22. The molecule has 3 rings (SSSR count). The van der Waals surface area contributed by atoms with Gasteiger partial charge < -0.3 is 14.3 Å². The van der Waals surface area contributed by atoms with Gasteiger partial charge in [0.1, 0.15) is 5.75 Å². The molecule has 19 heavy (non-hydrogen) atoms. The van der Waals surface area contributed by atoms with E-state index in [4.69, 9.17) is 17.0 Å². The molecule has 2 heterocycles. The molecule has 3 aromatic rings. The minimum absolute atomic E-state index is 0.729. The number of H-pyrrole nitrogens is 1. The summed E-state index contributed by atoms with van der Waals surface area (Å²) in [7, 11) is 1.67. The van der Waals surface area contributed by atoms with Crippen LogP contribution in [0.4, 0.5) is 0 Å². The van der Waals surface area contributed by atoms with Gasteiger partial charge in [0.05, 0.1) is 28.5 Å². The molecular weight excluding hydrogens is 344 g/mol. The summed E-state index contributed by atoms with van der Waals surface area (Å²) in [4.78, 5) is 4.48. The number of imidazole rings is 1. The van der Waals surface area contributed by atoms with Crippen LogP contribution in [0.25, 0.3) is 11.0 Å². The van der Waals surface area contributed by atoms with Crippen molar-refractivity contribution in [2.24, 2.45) is 0 Å². The maximum atomic E-state index is 5.40. The molecule has 3 nitrogen and oxygen atoms in total. The number of nitrogens with zero attached hydrogens (tertiary/aromatic N) is 1. The predicted octanol–water partition coefficient (Wildman–Crippen LogP) is 4.58. The van der Waals surface area contributed by atoms with Crippen molar-refractivity contribution >= 4 is 50.5 Å². The van der Waals surface area contributed by atoms with E-state index in [1.807, 2.05) is 18.2 Å². The lowest BCUT2D eigenvalue weighted by Crippen LogP contribution is -1.97. The maximum absolute atomic E-state index is 5.40. The van der Waals surface area contributed by atoms with E-state index in [0.717, 1.165) is 31.9 Å². The lowest BCUT2D eigenvalue weighted by Gasteiger charge is -2.04. The first-order chi connectivity index (χ1) is 9.17. The van der Waals surface area contributed by atoms with Crippen LogP contribution < -0.4 is 4.74 Å². The monoisotopic (exact) mass is 354 g/mol. The summed E-state index contributed by atoms with van der Waals surface area (Å²) in [6, 6.07) is 10.1. The van der Waals surface area contributed by atoms with Gasteiger partial charge in [-0.15, -0.1) is 11.3 Å². The number of aromatic nitrogens is 2. The van der Waals surface area contributed by atoms with Crippen molar-refractivity contribution in [2.75, 3.05) is 7.11 Å². The minimum atomic E-state index is 0.729. The normalized spacial score (nSPS) is 11.1. The quantitative estimate of drug-likeness (QED) is 0.697. The number of fused-ring (bicyclic) bond motifs is 1. The Morgan fingerprint density at radius 1 is 1.37 bits per heavy atom. The van der Waals surface area contributed by atoms with Crippen LogP contribution >= 0.6 is 39.5 Å². The maximum Gasteiger partial charge on any atom is 0.178 e. The number of aromatic amines is 1. The van der Waals surface area contributed by atoms with Crippen molar-refractivity contribution in [3.8, 4) is 5.75 Å². The third-order valence-corrected chi connectivity index (χ3v) is 4.86. The first-order valence-corrected chi connectivity index (χ1v) is 7.70. The van der Waals surface area contributed by atoms with Gasteiger partial charge in [0, 0.05) is 10.9 Å². The molecule has 0 spiro atoms. The molecule has 0 aliphatic rings. The van der Waals surface area contributed by atoms with E-state index in [2.05, 4.69) is 37.6 Å². The largest absolute Gasteiger partial charge is 0.497 e. The number of rotatable bonds is 3. The molecule has 0 bridgehead atoms. The molecule has 0 atom stereocenters. The van der Waals surface area contributed by atoms with Gasteiger partial charge in [-0.1, -0.05) is 0 Å². The molecule has 0 aliphatic heterocycles. The smallest absolute Gasteiger partial charge is 0.178 e. The average molecular weight is 355 g/mol. The van der Waals surface area contributed by atoms with Crippen molar-refractivity contribution in [1.29, 1.82) is 0 Å². The van der Waals surface area contributed by atoms with Crippen LogP contribution in [-0.2, 0) is 6.54 Å². The molecule has 1 N–H and O–H groups in total. The molecule has 0 amide bonds. The predicted molar refractivity (Wildman–Crippen MR) is 84.8 cm³/mol. The van der Waals surface area contributed by atoms with Crippen molar-refractivity contribution in [3.05, 3.63) is 43.8 Å². The molecule has 98 valence electrons. The van der Waals surface area contributed by atoms with Crippen LogP contribution in [0.15, 0.2) is 34.1 Å². The van der Waals surface area contributed by atoms with Gasteiger partial charge in [0.2, 0.25) is 0 Å². The van der Waals surface area contributed by atoms with Crippen LogP contribution in [-0.4, -0.2) is 16.7 Å². The van der Waals surface area contributed by atoms with Gasteiger partial charge in [0.15, 0.2) is 4.77 Å². The SMILES string of the molecule is COc1ccc2[nH]c(=S)n(Cc3ccc(Br)s3)c2c1. The molecule has 2 aromatic heterocycles. The standard InChI is InChI=1S/C13H11BrN2OS2/c1-17-8-2-4-10-11(6-8)16(13(18)15-10)7-9-3-5-12(14)19-9/h2-6H,7H2,1H3,(H,15,18). The lowest BCUT2D eigenvalue weighted by atomic mass is 10.3. The van der Waals surface area contributed by atoms with E-state index in [-0.39, 0.29) is 0 Å². The van der Waals surface area contributed by atoms with E-state index >= 15 is 0 Å².